The van der Waals surface area contributed by atoms with E-state index >= 15 is 0 Å². The molecule has 0 heterocycles. The van der Waals surface area contributed by atoms with Crippen LogP contribution in [0.5, 0.6) is 11.5 Å². The average molecular weight is 294 g/mol. The number of hydrogen-bond acceptors (Lipinski definition) is 4. The number of hydrogen-bond donors (Lipinski definition) is 2. The Morgan fingerprint density at radius 1 is 1.10 bits per heavy atom. The van der Waals surface area contributed by atoms with Crippen molar-refractivity contribution in [1.82, 2.24) is 0 Å². The third kappa shape index (κ3) is 4.36. The Balaban J connectivity index is 2.94. The summed E-state index contributed by atoms with van der Waals surface area (Å²) in [6.45, 7) is 8.72. The maximum absolute atomic E-state index is 12.3. The van der Waals surface area contributed by atoms with Gasteiger partial charge in [-0.1, -0.05) is 13.8 Å². The van der Waals surface area contributed by atoms with E-state index in [-0.39, 0.29) is 5.91 Å². The third-order valence-electron chi connectivity index (χ3n) is 3.52. The highest BCUT2D eigenvalue weighted by Gasteiger charge is 2.29. The third-order valence-corrected chi connectivity index (χ3v) is 3.52. The Bertz CT molecular complexity index is 471. The number of ether oxygens (including phenoxy) is 2. The first-order chi connectivity index (χ1) is 10.0. The summed E-state index contributed by atoms with van der Waals surface area (Å²) in [7, 11) is 0. The number of anilines is 1. The second kappa shape index (κ2) is 7.88. The van der Waals surface area contributed by atoms with E-state index in [1.165, 1.54) is 0 Å². The van der Waals surface area contributed by atoms with Gasteiger partial charge in [-0.25, -0.2) is 0 Å². The van der Waals surface area contributed by atoms with Crippen molar-refractivity contribution in [2.24, 2.45) is 5.73 Å². The molecular formula is C16H26N2O3. The van der Waals surface area contributed by atoms with Gasteiger partial charge in [0.2, 0.25) is 5.91 Å². The Morgan fingerprint density at radius 3 is 2.19 bits per heavy atom. The van der Waals surface area contributed by atoms with Crippen molar-refractivity contribution >= 4 is 11.6 Å². The van der Waals surface area contributed by atoms with Gasteiger partial charge in [-0.15, -0.1) is 0 Å². The number of carbonyl (C=O) groups is 1. The van der Waals surface area contributed by atoms with Gasteiger partial charge >= 0.3 is 0 Å². The number of carbonyl (C=O) groups excluding carboxylic acids is 1. The van der Waals surface area contributed by atoms with Crippen molar-refractivity contribution in [1.29, 1.82) is 0 Å². The zero-order valence-corrected chi connectivity index (χ0v) is 13.4. The number of nitrogens with one attached hydrogen (secondary N) is 1. The van der Waals surface area contributed by atoms with Gasteiger partial charge in [0, 0.05) is 11.8 Å². The molecule has 0 saturated carbocycles. The van der Waals surface area contributed by atoms with E-state index in [9.17, 15) is 4.79 Å². The molecule has 1 amide bonds. The van der Waals surface area contributed by atoms with Crippen molar-refractivity contribution in [3.8, 4) is 11.5 Å². The minimum Gasteiger partial charge on any atom is -0.490 e. The second-order valence-corrected chi connectivity index (χ2v) is 4.84. The molecule has 0 aliphatic heterocycles. The molecule has 0 bridgehead atoms. The lowest BCUT2D eigenvalue weighted by Crippen LogP contribution is -2.50. The Hall–Kier alpha value is -1.75. The molecule has 0 saturated heterocycles. The molecule has 1 aromatic rings. The zero-order valence-electron chi connectivity index (χ0n) is 13.4. The van der Waals surface area contributed by atoms with Crippen LogP contribution in [0.2, 0.25) is 0 Å². The largest absolute Gasteiger partial charge is 0.490 e. The van der Waals surface area contributed by atoms with Crippen LogP contribution >= 0.6 is 0 Å². The standard InChI is InChI=1S/C16H26N2O3/c1-5-16(17,6-2)15(19)18-12-9-10-13(20-7-3)14(11-12)21-8-4/h9-11H,5-8,17H2,1-4H3,(H,18,19). The van der Waals surface area contributed by atoms with Crippen LogP contribution < -0.4 is 20.5 Å². The summed E-state index contributed by atoms with van der Waals surface area (Å²) in [5.74, 6) is 1.11. The summed E-state index contributed by atoms with van der Waals surface area (Å²) < 4.78 is 11.0. The monoisotopic (exact) mass is 294 g/mol. The lowest BCUT2D eigenvalue weighted by Gasteiger charge is -2.25. The molecule has 0 aromatic heterocycles. The fraction of sp³-hybridized carbons (Fsp3) is 0.562. The highest BCUT2D eigenvalue weighted by Crippen LogP contribution is 2.31. The van der Waals surface area contributed by atoms with Gasteiger partial charge in [0.1, 0.15) is 0 Å². The van der Waals surface area contributed by atoms with Crippen LogP contribution in [0.15, 0.2) is 18.2 Å². The minimum atomic E-state index is -0.843. The predicted molar refractivity (Wildman–Crippen MR) is 84.9 cm³/mol. The summed E-state index contributed by atoms with van der Waals surface area (Å²) in [6.07, 6.45) is 1.18. The molecule has 0 aliphatic carbocycles. The Kier molecular flexibility index (Phi) is 6.49. The van der Waals surface area contributed by atoms with Crippen molar-refractivity contribution in [3.63, 3.8) is 0 Å². The summed E-state index contributed by atoms with van der Waals surface area (Å²) in [5, 5.41) is 2.85. The minimum absolute atomic E-state index is 0.181. The van der Waals surface area contributed by atoms with Crippen LogP contribution in [-0.4, -0.2) is 24.7 Å². The van der Waals surface area contributed by atoms with Crippen molar-refractivity contribution in [3.05, 3.63) is 18.2 Å². The zero-order chi connectivity index (χ0) is 15.9. The van der Waals surface area contributed by atoms with Crippen LogP contribution in [0, 0.1) is 0 Å². The van der Waals surface area contributed by atoms with Crippen LogP contribution in [-0.2, 0) is 4.79 Å². The molecule has 5 heteroatoms. The molecule has 3 N–H and O–H groups in total. The number of benzene rings is 1. The molecule has 0 radical (unpaired) electrons. The van der Waals surface area contributed by atoms with Gasteiger partial charge in [-0.05, 0) is 38.8 Å². The molecule has 0 spiro atoms. The average Bonchev–Trinajstić information content (AvgIpc) is 2.49. The van der Waals surface area contributed by atoms with Crippen molar-refractivity contribution in [2.45, 2.75) is 46.1 Å². The van der Waals surface area contributed by atoms with E-state index in [0.29, 0.717) is 43.2 Å². The normalized spacial score (nSPS) is 11.1. The molecule has 0 fully saturated rings. The molecule has 1 aromatic carbocycles. The van der Waals surface area contributed by atoms with Crippen LogP contribution in [0.3, 0.4) is 0 Å². The maximum atomic E-state index is 12.3. The fourth-order valence-electron chi connectivity index (χ4n) is 1.96. The lowest BCUT2D eigenvalue weighted by molar-refractivity contribution is -0.121. The van der Waals surface area contributed by atoms with E-state index in [4.69, 9.17) is 15.2 Å². The van der Waals surface area contributed by atoms with Gasteiger partial charge < -0.3 is 20.5 Å². The van der Waals surface area contributed by atoms with Gasteiger partial charge in [0.15, 0.2) is 11.5 Å². The highest BCUT2D eigenvalue weighted by atomic mass is 16.5. The highest BCUT2D eigenvalue weighted by molar-refractivity contribution is 5.98. The van der Waals surface area contributed by atoms with E-state index < -0.39 is 5.54 Å². The topological polar surface area (TPSA) is 73.6 Å². The van der Waals surface area contributed by atoms with Crippen LogP contribution in [0.1, 0.15) is 40.5 Å². The van der Waals surface area contributed by atoms with Gasteiger partial charge in [-0.3, -0.25) is 4.79 Å². The molecule has 0 unspecified atom stereocenters. The summed E-state index contributed by atoms with van der Waals surface area (Å²) in [4.78, 5) is 12.3. The molecule has 0 atom stereocenters. The van der Waals surface area contributed by atoms with Crippen molar-refractivity contribution in [2.75, 3.05) is 18.5 Å². The van der Waals surface area contributed by atoms with Gasteiger partial charge in [0.05, 0.1) is 18.8 Å². The first-order valence-electron chi connectivity index (χ1n) is 7.50. The summed E-state index contributed by atoms with van der Waals surface area (Å²) >= 11 is 0. The van der Waals surface area contributed by atoms with E-state index in [2.05, 4.69) is 5.32 Å². The molecule has 0 aliphatic rings. The lowest BCUT2D eigenvalue weighted by atomic mass is 9.93. The maximum Gasteiger partial charge on any atom is 0.244 e. The molecule has 5 nitrogen and oxygen atoms in total. The van der Waals surface area contributed by atoms with Crippen LogP contribution in [0.25, 0.3) is 0 Å². The number of amides is 1. The summed E-state index contributed by atoms with van der Waals surface area (Å²) in [6, 6.07) is 5.34. The van der Waals surface area contributed by atoms with E-state index in [0.717, 1.165) is 0 Å². The SMILES string of the molecule is CCOc1ccc(NC(=O)C(N)(CC)CC)cc1OCC. The molecule has 21 heavy (non-hydrogen) atoms. The summed E-state index contributed by atoms with van der Waals surface area (Å²) in [5.41, 5.74) is 5.91. The van der Waals surface area contributed by atoms with E-state index in [1.54, 1.807) is 18.2 Å². The molecular weight excluding hydrogens is 268 g/mol. The Labute approximate surface area is 126 Å². The first kappa shape index (κ1) is 17.3. The van der Waals surface area contributed by atoms with Gasteiger partial charge in [0.25, 0.3) is 0 Å². The quantitative estimate of drug-likeness (QED) is 0.773. The first-order valence-corrected chi connectivity index (χ1v) is 7.50. The number of nitrogens with two attached hydrogens (primary N) is 1. The second-order valence-electron chi connectivity index (χ2n) is 4.84. The smallest absolute Gasteiger partial charge is 0.244 e. The number of rotatable bonds is 8. The molecule has 118 valence electrons. The van der Waals surface area contributed by atoms with Crippen LogP contribution in [0.4, 0.5) is 5.69 Å². The molecule has 1 rings (SSSR count). The van der Waals surface area contributed by atoms with Gasteiger partial charge in [-0.2, -0.15) is 0 Å². The predicted octanol–water partition coefficient (Wildman–Crippen LogP) is 2.94. The Morgan fingerprint density at radius 2 is 1.67 bits per heavy atom. The fourth-order valence-corrected chi connectivity index (χ4v) is 1.96. The van der Waals surface area contributed by atoms with E-state index in [1.807, 2.05) is 27.7 Å². The van der Waals surface area contributed by atoms with Crippen molar-refractivity contribution < 1.29 is 14.3 Å².